The first-order chi connectivity index (χ1) is 16.0. The van der Waals surface area contributed by atoms with Gasteiger partial charge in [-0.3, -0.25) is 38.8 Å². The number of carbonyl (C=O) groups is 5. The molecule has 34 heavy (non-hydrogen) atoms. The molecule has 0 aromatic heterocycles. The van der Waals surface area contributed by atoms with Gasteiger partial charge in [0, 0.05) is 65.3 Å². The van der Waals surface area contributed by atoms with E-state index >= 15 is 0 Å². The molecule has 0 unspecified atom stereocenters. The second-order valence-corrected chi connectivity index (χ2v) is 8.44. The minimum absolute atomic E-state index is 0.0521. The van der Waals surface area contributed by atoms with E-state index in [-0.39, 0.29) is 37.9 Å². The molecule has 1 amide bonds. The highest BCUT2D eigenvalue weighted by Gasteiger charge is 2.21. The summed E-state index contributed by atoms with van der Waals surface area (Å²) in [6.45, 7) is 4.03. The number of aliphatic carboxylic acids is 3. The summed E-state index contributed by atoms with van der Waals surface area (Å²) in [5.41, 5.74) is 0. The molecule has 13 nitrogen and oxygen atoms in total. The number of Topliss-reactive ketones (excluding diaryl/α,β-unsaturated/α-hetero) is 1. The summed E-state index contributed by atoms with van der Waals surface area (Å²) in [6.07, 6.45) is 0.934. The van der Waals surface area contributed by atoms with Crippen LogP contribution >= 0.6 is 0 Å². The fraction of sp³-hybridized carbons (Fsp3) is 0.762. The molecule has 1 saturated heterocycles. The molecule has 1 aliphatic rings. The van der Waals surface area contributed by atoms with E-state index in [0.717, 1.165) is 0 Å². The first-order valence-corrected chi connectivity index (χ1v) is 11.4. The normalized spacial score (nSPS) is 17.9. The van der Waals surface area contributed by atoms with Gasteiger partial charge in [0.05, 0.1) is 26.2 Å². The first kappa shape index (κ1) is 29.4. The van der Waals surface area contributed by atoms with E-state index in [1.165, 1.54) is 6.92 Å². The highest BCUT2D eigenvalue weighted by molar-refractivity contribution is 5.78. The Hall–Kier alpha value is -2.61. The summed E-state index contributed by atoms with van der Waals surface area (Å²) in [7, 11) is 0. The standard InChI is InChI=1S/C21H37N5O8/c1-17(27)3-2-4-22-18(28)13-23-5-7-24(14-19(29)30)9-11-26(16-21(33)34)12-10-25(8-6-23)15-20(31)32/h2-16H2,1H3,(H,22,28)(H,29,30)(H,31,32)(H,33,34). The fourth-order valence-electron chi connectivity index (χ4n) is 3.61. The number of hydrogen-bond acceptors (Lipinski definition) is 9. The van der Waals surface area contributed by atoms with Crippen LogP contribution in [-0.2, 0) is 24.0 Å². The largest absolute Gasteiger partial charge is 0.480 e. The monoisotopic (exact) mass is 487 g/mol. The molecule has 0 aromatic carbocycles. The van der Waals surface area contributed by atoms with Crippen molar-refractivity contribution < 1.29 is 39.3 Å². The zero-order valence-corrected chi connectivity index (χ0v) is 19.8. The zero-order valence-electron chi connectivity index (χ0n) is 19.8. The summed E-state index contributed by atoms with van der Waals surface area (Å²) in [4.78, 5) is 64.1. The number of carboxylic acids is 3. The van der Waals surface area contributed by atoms with Crippen LogP contribution in [0.25, 0.3) is 0 Å². The molecule has 0 radical (unpaired) electrons. The van der Waals surface area contributed by atoms with Gasteiger partial charge >= 0.3 is 17.9 Å². The maximum Gasteiger partial charge on any atom is 0.317 e. The van der Waals surface area contributed by atoms with Crippen molar-refractivity contribution in [3.05, 3.63) is 0 Å². The third kappa shape index (κ3) is 14.5. The summed E-state index contributed by atoms with van der Waals surface area (Å²) >= 11 is 0. The van der Waals surface area contributed by atoms with Gasteiger partial charge in [0.25, 0.3) is 0 Å². The van der Waals surface area contributed by atoms with Crippen LogP contribution in [0.4, 0.5) is 0 Å². The molecule has 1 aliphatic heterocycles. The quantitative estimate of drug-likeness (QED) is 0.222. The lowest BCUT2D eigenvalue weighted by molar-refractivity contribution is -0.140. The van der Waals surface area contributed by atoms with Crippen molar-refractivity contribution in [2.45, 2.75) is 19.8 Å². The molecule has 0 aliphatic carbocycles. The van der Waals surface area contributed by atoms with Gasteiger partial charge in [0.15, 0.2) is 0 Å². The molecular weight excluding hydrogens is 450 g/mol. The summed E-state index contributed by atoms with van der Waals surface area (Å²) in [5, 5.41) is 30.4. The van der Waals surface area contributed by atoms with Crippen molar-refractivity contribution in [1.29, 1.82) is 0 Å². The maximum absolute atomic E-state index is 12.4. The van der Waals surface area contributed by atoms with Crippen LogP contribution in [0.3, 0.4) is 0 Å². The molecule has 13 heteroatoms. The smallest absolute Gasteiger partial charge is 0.317 e. The molecular formula is C21H37N5O8. The maximum atomic E-state index is 12.4. The molecule has 0 spiro atoms. The third-order valence-corrected chi connectivity index (χ3v) is 5.40. The summed E-state index contributed by atoms with van der Waals surface area (Å²) in [5.74, 6) is -3.19. The van der Waals surface area contributed by atoms with Crippen LogP contribution < -0.4 is 5.32 Å². The van der Waals surface area contributed by atoms with Gasteiger partial charge in [-0.25, -0.2) is 0 Å². The molecule has 0 atom stereocenters. The molecule has 0 saturated carbocycles. The highest BCUT2D eigenvalue weighted by Crippen LogP contribution is 2.01. The summed E-state index contributed by atoms with van der Waals surface area (Å²) < 4.78 is 0. The Morgan fingerprint density at radius 2 is 0.941 bits per heavy atom. The van der Waals surface area contributed by atoms with Crippen molar-refractivity contribution in [2.75, 3.05) is 85.1 Å². The van der Waals surface area contributed by atoms with Crippen molar-refractivity contribution >= 4 is 29.6 Å². The summed E-state index contributed by atoms with van der Waals surface area (Å²) in [6, 6.07) is 0. The zero-order chi connectivity index (χ0) is 25.5. The van der Waals surface area contributed by atoms with E-state index in [9.17, 15) is 39.3 Å². The number of carbonyl (C=O) groups excluding carboxylic acids is 2. The van der Waals surface area contributed by atoms with Crippen molar-refractivity contribution in [1.82, 2.24) is 24.9 Å². The predicted molar refractivity (Wildman–Crippen MR) is 122 cm³/mol. The lowest BCUT2D eigenvalue weighted by Gasteiger charge is -2.32. The molecule has 194 valence electrons. The number of nitrogens with zero attached hydrogens (tertiary/aromatic N) is 4. The van der Waals surface area contributed by atoms with E-state index in [0.29, 0.717) is 71.7 Å². The molecule has 1 rings (SSSR count). The van der Waals surface area contributed by atoms with Crippen LogP contribution in [0.1, 0.15) is 19.8 Å². The van der Waals surface area contributed by atoms with Crippen molar-refractivity contribution in [2.24, 2.45) is 0 Å². The number of nitrogens with one attached hydrogen (secondary N) is 1. The van der Waals surface area contributed by atoms with Crippen LogP contribution in [0.2, 0.25) is 0 Å². The molecule has 4 N–H and O–H groups in total. The van der Waals surface area contributed by atoms with Gasteiger partial charge in [0.1, 0.15) is 5.78 Å². The number of amides is 1. The number of rotatable bonds is 12. The van der Waals surface area contributed by atoms with Crippen molar-refractivity contribution in [3.8, 4) is 0 Å². The first-order valence-electron chi connectivity index (χ1n) is 11.4. The minimum atomic E-state index is -1.01. The van der Waals surface area contributed by atoms with E-state index in [2.05, 4.69) is 5.32 Å². The van der Waals surface area contributed by atoms with E-state index < -0.39 is 17.9 Å². The van der Waals surface area contributed by atoms with Crippen LogP contribution in [0, 0.1) is 0 Å². The van der Waals surface area contributed by atoms with E-state index in [1.54, 1.807) is 14.7 Å². The fourth-order valence-corrected chi connectivity index (χ4v) is 3.61. The number of ketones is 1. The van der Waals surface area contributed by atoms with Gasteiger partial charge in [-0.2, -0.15) is 0 Å². The lowest BCUT2D eigenvalue weighted by atomic mass is 10.2. The SMILES string of the molecule is CC(=O)CCCNC(=O)CN1CCN(CC(=O)O)CCN(CC(=O)O)CCN(CC(=O)O)CC1. The van der Waals surface area contributed by atoms with Gasteiger partial charge in [0.2, 0.25) is 5.91 Å². The number of carboxylic acid groups (broad SMARTS) is 3. The van der Waals surface area contributed by atoms with Crippen LogP contribution in [0.5, 0.6) is 0 Å². The third-order valence-electron chi connectivity index (χ3n) is 5.40. The average Bonchev–Trinajstić information content (AvgIpc) is 2.71. The average molecular weight is 488 g/mol. The molecule has 0 aromatic rings. The Labute approximate surface area is 199 Å². The second-order valence-electron chi connectivity index (χ2n) is 8.44. The highest BCUT2D eigenvalue weighted by atomic mass is 16.4. The van der Waals surface area contributed by atoms with Gasteiger partial charge < -0.3 is 25.4 Å². The van der Waals surface area contributed by atoms with Gasteiger partial charge in [-0.15, -0.1) is 0 Å². The van der Waals surface area contributed by atoms with E-state index in [4.69, 9.17) is 0 Å². The van der Waals surface area contributed by atoms with Crippen LogP contribution in [-0.4, -0.2) is 150 Å². The lowest BCUT2D eigenvalue weighted by Crippen LogP contribution is -2.49. The molecule has 0 bridgehead atoms. The molecule has 1 heterocycles. The van der Waals surface area contributed by atoms with Gasteiger partial charge in [-0.05, 0) is 13.3 Å². The second kappa shape index (κ2) is 16.1. The number of hydrogen-bond donors (Lipinski definition) is 4. The van der Waals surface area contributed by atoms with Crippen molar-refractivity contribution in [3.63, 3.8) is 0 Å². The van der Waals surface area contributed by atoms with Gasteiger partial charge in [-0.1, -0.05) is 0 Å². The predicted octanol–water partition coefficient (Wildman–Crippen LogP) is -2.05. The Bertz CT molecular complexity index is 673. The topological polar surface area (TPSA) is 171 Å². The Balaban J connectivity index is 2.85. The molecule has 1 fully saturated rings. The Morgan fingerprint density at radius 1 is 0.618 bits per heavy atom. The minimum Gasteiger partial charge on any atom is -0.480 e. The Morgan fingerprint density at radius 3 is 1.24 bits per heavy atom. The van der Waals surface area contributed by atoms with E-state index in [1.807, 2.05) is 4.90 Å². The Kier molecular flexibility index (Phi) is 13.9. The van der Waals surface area contributed by atoms with Crippen LogP contribution in [0.15, 0.2) is 0 Å².